The van der Waals surface area contributed by atoms with E-state index in [1.807, 2.05) is 4.90 Å². The Balaban J connectivity index is 1.53. The number of allylic oxidation sites excluding steroid dienone is 1. The molecule has 0 bridgehead atoms. The molecule has 2 aliphatic heterocycles. The second-order valence-electron chi connectivity index (χ2n) is 9.57. The van der Waals surface area contributed by atoms with Crippen LogP contribution in [0.25, 0.3) is 0 Å². The number of aryl methyl sites for hydroxylation is 1. The minimum absolute atomic E-state index is 0.102. The fourth-order valence-electron chi connectivity index (χ4n) is 5.07. The van der Waals surface area contributed by atoms with Gasteiger partial charge in [-0.1, -0.05) is 17.7 Å². The number of ether oxygens (including phenoxy) is 2. The zero-order chi connectivity index (χ0) is 30.0. The molecule has 0 amide bonds. The molecule has 1 N–H and O–H groups in total. The van der Waals surface area contributed by atoms with Crippen LogP contribution in [0, 0.1) is 24.5 Å². The first-order valence-corrected chi connectivity index (χ1v) is 14.5. The van der Waals surface area contributed by atoms with Gasteiger partial charge in [-0.2, -0.15) is 0 Å². The van der Waals surface area contributed by atoms with E-state index in [4.69, 9.17) is 26.1 Å². The normalized spacial score (nSPS) is 17.5. The monoisotopic (exact) mass is 616 g/mol. The fraction of sp³-hybridized carbons (Fsp3) is 0.357. The van der Waals surface area contributed by atoms with Crippen molar-refractivity contribution >= 4 is 46.5 Å². The highest BCUT2D eigenvalue weighted by Gasteiger charge is 2.38. The van der Waals surface area contributed by atoms with Gasteiger partial charge < -0.3 is 19.7 Å². The van der Waals surface area contributed by atoms with Crippen LogP contribution in [0.15, 0.2) is 46.0 Å². The molecule has 0 saturated carbocycles. The molecule has 2 aromatic heterocycles. The Morgan fingerprint density at radius 3 is 2.62 bits per heavy atom. The summed E-state index contributed by atoms with van der Waals surface area (Å²) in [5, 5.41) is 5.20. The van der Waals surface area contributed by atoms with Crippen molar-refractivity contribution in [3.8, 4) is 0 Å². The Bertz CT molecular complexity index is 1570. The molecular formula is C28H27ClF2N6O4S. The Morgan fingerprint density at radius 2 is 1.95 bits per heavy atom. The number of methoxy groups -OCH3 is 1. The third kappa shape index (κ3) is 5.84. The summed E-state index contributed by atoms with van der Waals surface area (Å²) in [6, 6.07) is 2.82. The molecule has 1 aromatic carbocycles. The van der Waals surface area contributed by atoms with Crippen LogP contribution in [-0.4, -0.2) is 59.5 Å². The van der Waals surface area contributed by atoms with Gasteiger partial charge in [0.15, 0.2) is 28.2 Å². The van der Waals surface area contributed by atoms with Crippen LogP contribution < -0.4 is 10.2 Å². The summed E-state index contributed by atoms with van der Waals surface area (Å²) in [4.78, 5) is 45.3. The van der Waals surface area contributed by atoms with Gasteiger partial charge in [0.05, 0.1) is 24.3 Å². The number of aromatic nitrogens is 3. The van der Waals surface area contributed by atoms with Gasteiger partial charge in [0.25, 0.3) is 0 Å². The van der Waals surface area contributed by atoms with Gasteiger partial charge in [-0.3, -0.25) is 4.99 Å². The molecule has 1 unspecified atom stereocenters. The number of carbonyl (C=O) groups is 2. The van der Waals surface area contributed by atoms with E-state index in [0.29, 0.717) is 54.1 Å². The van der Waals surface area contributed by atoms with Crippen LogP contribution in [0.4, 0.5) is 14.6 Å². The fourth-order valence-corrected chi connectivity index (χ4v) is 5.91. The molecule has 4 heterocycles. The second-order valence-corrected chi connectivity index (χ2v) is 10.8. The van der Waals surface area contributed by atoms with Gasteiger partial charge >= 0.3 is 11.9 Å². The van der Waals surface area contributed by atoms with Gasteiger partial charge in [0, 0.05) is 47.9 Å². The number of amidine groups is 1. The van der Waals surface area contributed by atoms with Crippen molar-refractivity contribution in [2.45, 2.75) is 32.7 Å². The van der Waals surface area contributed by atoms with Crippen molar-refractivity contribution in [3.63, 3.8) is 0 Å². The number of esters is 2. The minimum Gasteiger partial charge on any atom is -0.464 e. The molecule has 5 rings (SSSR count). The van der Waals surface area contributed by atoms with Crippen LogP contribution in [-0.2, 0) is 14.3 Å². The quantitative estimate of drug-likeness (QED) is 0.295. The maximum absolute atomic E-state index is 14.6. The van der Waals surface area contributed by atoms with Crippen LogP contribution >= 0.6 is 22.9 Å². The number of hydrogen-bond acceptors (Lipinski definition) is 11. The van der Waals surface area contributed by atoms with Crippen molar-refractivity contribution in [2.75, 3.05) is 31.7 Å². The standard InChI is InChI=1S/C28H27ClF2N6O4S/c1-4-41-28(39)20-23(15-7-10-37(11-8-15)19-13-18(27(38)40-3)33-14(2)34-19)35-25(26-32-9-12-42-26)36-24(20)16-5-6-17(30)22(31)21(16)29/h5-6,9,12-13,15,24H,4,7-8,10-11H2,1-3H3,(H,35,36). The molecule has 220 valence electrons. The largest absolute Gasteiger partial charge is 0.464 e. The van der Waals surface area contributed by atoms with Crippen LogP contribution in [0.5, 0.6) is 0 Å². The average molecular weight is 617 g/mol. The second kappa shape index (κ2) is 12.5. The maximum Gasteiger partial charge on any atom is 0.356 e. The molecular weight excluding hydrogens is 590 g/mol. The van der Waals surface area contributed by atoms with Crippen molar-refractivity contribution in [1.29, 1.82) is 0 Å². The highest BCUT2D eigenvalue weighted by atomic mass is 35.5. The summed E-state index contributed by atoms with van der Waals surface area (Å²) >= 11 is 7.63. The molecule has 10 nitrogen and oxygen atoms in total. The van der Waals surface area contributed by atoms with Crippen molar-refractivity contribution in [3.05, 3.63) is 79.8 Å². The summed E-state index contributed by atoms with van der Waals surface area (Å²) in [5.74, 6) is -2.26. The average Bonchev–Trinajstić information content (AvgIpc) is 3.54. The first-order valence-electron chi connectivity index (χ1n) is 13.2. The Morgan fingerprint density at radius 1 is 1.19 bits per heavy atom. The van der Waals surface area contributed by atoms with Crippen molar-refractivity contribution < 1.29 is 27.8 Å². The molecule has 1 fully saturated rings. The Hall–Kier alpha value is -3.97. The number of rotatable bonds is 7. The van der Waals surface area contributed by atoms with E-state index < -0.39 is 34.6 Å². The molecule has 1 saturated heterocycles. The number of nitrogens with one attached hydrogen (secondary N) is 1. The SMILES string of the molecule is CCOC(=O)C1=C(C2CCN(c3cc(C(=O)OC)nc(C)n3)CC2)NC(c2nccs2)=NC1c1ccc(F)c(F)c1Cl. The summed E-state index contributed by atoms with van der Waals surface area (Å²) in [6.07, 6.45) is 2.80. The number of carbonyl (C=O) groups excluding carboxylic acids is 2. The van der Waals surface area contributed by atoms with Gasteiger partial charge in [-0.15, -0.1) is 11.3 Å². The summed E-state index contributed by atoms with van der Waals surface area (Å²) in [5.41, 5.74) is 1.04. The third-order valence-corrected chi connectivity index (χ3v) is 8.17. The number of anilines is 1. The summed E-state index contributed by atoms with van der Waals surface area (Å²) < 4.78 is 38.9. The zero-order valence-corrected chi connectivity index (χ0v) is 24.6. The first kappa shape index (κ1) is 29.5. The number of aliphatic imine (C=N–C) groups is 1. The van der Waals surface area contributed by atoms with Crippen molar-refractivity contribution in [1.82, 2.24) is 20.3 Å². The van der Waals surface area contributed by atoms with Gasteiger partial charge in [-0.05, 0) is 32.8 Å². The van der Waals surface area contributed by atoms with E-state index in [9.17, 15) is 18.4 Å². The van der Waals surface area contributed by atoms with Crippen LogP contribution in [0.1, 0.15) is 52.7 Å². The minimum atomic E-state index is -1.22. The molecule has 1 atom stereocenters. The number of benzene rings is 1. The lowest BCUT2D eigenvalue weighted by atomic mass is 9.85. The number of hydrogen-bond donors (Lipinski definition) is 1. The predicted molar refractivity (Wildman–Crippen MR) is 153 cm³/mol. The van der Waals surface area contributed by atoms with E-state index in [1.54, 1.807) is 31.5 Å². The molecule has 3 aromatic rings. The maximum atomic E-state index is 14.6. The number of piperidine rings is 1. The summed E-state index contributed by atoms with van der Waals surface area (Å²) in [6.45, 7) is 4.58. The molecule has 0 radical (unpaired) electrons. The van der Waals surface area contributed by atoms with Gasteiger partial charge in [-0.25, -0.2) is 33.3 Å². The topological polar surface area (TPSA) is 119 Å². The number of thiazole rings is 1. The zero-order valence-electron chi connectivity index (χ0n) is 23.0. The van der Waals surface area contributed by atoms with Gasteiger partial charge in [0.1, 0.15) is 17.7 Å². The lowest BCUT2D eigenvalue weighted by molar-refractivity contribution is -0.139. The van der Waals surface area contributed by atoms with Gasteiger partial charge in [0.2, 0.25) is 0 Å². The molecule has 0 spiro atoms. The third-order valence-electron chi connectivity index (χ3n) is 7.01. The highest BCUT2D eigenvalue weighted by Crippen LogP contribution is 2.41. The lowest BCUT2D eigenvalue weighted by Crippen LogP contribution is -2.42. The molecule has 14 heteroatoms. The van der Waals surface area contributed by atoms with Crippen LogP contribution in [0.3, 0.4) is 0 Å². The predicted octanol–water partition coefficient (Wildman–Crippen LogP) is 4.78. The lowest BCUT2D eigenvalue weighted by Gasteiger charge is -2.37. The highest BCUT2D eigenvalue weighted by molar-refractivity contribution is 7.11. The number of nitrogens with zero attached hydrogens (tertiary/aromatic N) is 5. The molecule has 2 aliphatic rings. The van der Waals surface area contributed by atoms with E-state index in [1.165, 1.54) is 24.5 Å². The summed E-state index contributed by atoms with van der Waals surface area (Å²) in [7, 11) is 1.29. The van der Waals surface area contributed by atoms with E-state index in [0.717, 1.165) is 6.07 Å². The van der Waals surface area contributed by atoms with E-state index in [-0.39, 0.29) is 29.4 Å². The Kier molecular flexibility index (Phi) is 8.78. The molecule has 0 aliphatic carbocycles. The Labute approximate surface area is 249 Å². The van der Waals surface area contributed by atoms with E-state index >= 15 is 0 Å². The first-order chi connectivity index (χ1) is 20.2. The van der Waals surface area contributed by atoms with Crippen LogP contribution in [0.2, 0.25) is 5.02 Å². The number of halogens is 3. The molecule has 42 heavy (non-hydrogen) atoms. The van der Waals surface area contributed by atoms with Crippen molar-refractivity contribution in [2.24, 2.45) is 10.9 Å². The van der Waals surface area contributed by atoms with E-state index in [2.05, 4.69) is 20.3 Å². The smallest absolute Gasteiger partial charge is 0.356 e.